The number of rotatable bonds is 6. The summed E-state index contributed by atoms with van der Waals surface area (Å²) >= 11 is 1.70. The van der Waals surface area contributed by atoms with Crippen LogP contribution < -0.4 is 10.2 Å². The Labute approximate surface area is 135 Å². The molecule has 1 aromatic heterocycles. The monoisotopic (exact) mass is 311 g/mol. The number of aromatic nitrogens is 1. The van der Waals surface area contributed by atoms with Crippen molar-refractivity contribution in [3.63, 3.8) is 0 Å². The average molecular weight is 311 g/mol. The summed E-state index contributed by atoms with van der Waals surface area (Å²) in [6.45, 7) is 7.26. The number of thiazole rings is 1. The zero-order valence-corrected chi connectivity index (χ0v) is 13.9. The van der Waals surface area contributed by atoms with E-state index < -0.39 is 0 Å². The zero-order chi connectivity index (χ0) is 15.4. The second kappa shape index (κ2) is 6.79. The minimum Gasteiger partial charge on any atom is -0.372 e. The van der Waals surface area contributed by atoms with Gasteiger partial charge in [0.1, 0.15) is 0 Å². The van der Waals surface area contributed by atoms with Crippen LogP contribution in [0.2, 0.25) is 0 Å². The number of benzene rings is 2. The first kappa shape index (κ1) is 14.9. The largest absolute Gasteiger partial charge is 0.372 e. The van der Waals surface area contributed by atoms with Gasteiger partial charge in [0.2, 0.25) is 0 Å². The maximum atomic E-state index is 4.60. The average Bonchev–Trinajstić information content (AvgIpc) is 2.98. The molecule has 114 valence electrons. The molecule has 4 heteroatoms. The number of hydrogen-bond acceptors (Lipinski definition) is 4. The predicted octanol–water partition coefficient (Wildman–Crippen LogP) is 4.75. The van der Waals surface area contributed by atoms with Crippen molar-refractivity contribution < 1.29 is 0 Å². The van der Waals surface area contributed by atoms with E-state index in [1.165, 1.54) is 16.0 Å². The number of nitrogens with one attached hydrogen (secondary N) is 1. The summed E-state index contributed by atoms with van der Waals surface area (Å²) in [5.74, 6) is 0. The third-order valence-electron chi connectivity index (χ3n) is 3.80. The van der Waals surface area contributed by atoms with E-state index in [-0.39, 0.29) is 0 Å². The molecule has 3 rings (SSSR count). The van der Waals surface area contributed by atoms with Gasteiger partial charge in [0.05, 0.1) is 10.2 Å². The van der Waals surface area contributed by atoms with Crippen molar-refractivity contribution in [2.45, 2.75) is 20.4 Å². The Morgan fingerprint density at radius 2 is 1.73 bits per heavy atom. The van der Waals surface area contributed by atoms with Gasteiger partial charge >= 0.3 is 0 Å². The highest BCUT2D eigenvalue weighted by molar-refractivity contribution is 7.22. The molecule has 22 heavy (non-hydrogen) atoms. The van der Waals surface area contributed by atoms with Crippen LogP contribution in [-0.2, 0) is 6.54 Å². The summed E-state index contributed by atoms with van der Waals surface area (Å²) in [7, 11) is 0. The number of para-hydroxylation sites is 1. The first-order valence-corrected chi connectivity index (χ1v) is 8.55. The van der Waals surface area contributed by atoms with Crippen LogP contribution >= 0.6 is 11.3 Å². The lowest BCUT2D eigenvalue weighted by atomic mass is 10.2. The molecule has 1 N–H and O–H groups in total. The minimum atomic E-state index is 0.804. The highest BCUT2D eigenvalue weighted by atomic mass is 32.1. The first-order valence-electron chi connectivity index (χ1n) is 7.73. The highest BCUT2D eigenvalue weighted by Crippen LogP contribution is 2.25. The lowest BCUT2D eigenvalue weighted by Gasteiger charge is -2.21. The molecule has 0 bridgehead atoms. The van der Waals surface area contributed by atoms with Gasteiger partial charge in [0, 0.05) is 25.3 Å². The summed E-state index contributed by atoms with van der Waals surface area (Å²) in [5, 5.41) is 4.40. The molecule has 0 spiro atoms. The Hall–Kier alpha value is -2.07. The summed E-state index contributed by atoms with van der Waals surface area (Å²) < 4.78 is 1.22. The van der Waals surface area contributed by atoms with Gasteiger partial charge in [-0.1, -0.05) is 35.6 Å². The van der Waals surface area contributed by atoms with Crippen LogP contribution in [0, 0.1) is 0 Å². The molecule has 1 heterocycles. The Morgan fingerprint density at radius 3 is 2.41 bits per heavy atom. The predicted molar refractivity (Wildman–Crippen MR) is 96.9 cm³/mol. The zero-order valence-electron chi connectivity index (χ0n) is 13.0. The fraction of sp³-hybridized carbons (Fsp3) is 0.278. The van der Waals surface area contributed by atoms with Crippen molar-refractivity contribution >= 4 is 32.4 Å². The molecule has 0 amide bonds. The summed E-state index contributed by atoms with van der Waals surface area (Å²) in [6.07, 6.45) is 0. The van der Waals surface area contributed by atoms with E-state index in [1.54, 1.807) is 11.3 Å². The second-order valence-corrected chi connectivity index (χ2v) is 6.21. The molecule has 0 aliphatic carbocycles. The van der Waals surface area contributed by atoms with Gasteiger partial charge < -0.3 is 10.2 Å². The number of nitrogens with zero attached hydrogens (tertiary/aromatic N) is 2. The van der Waals surface area contributed by atoms with Crippen LogP contribution in [0.5, 0.6) is 0 Å². The molecular weight excluding hydrogens is 290 g/mol. The van der Waals surface area contributed by atoms with Crippen LogP contribution in [0.3, 0.4) is 0 Å². The number of hydrogen-bond donors (Lipinski definition) is 1. The van der Waals surface area contributed by atoms with Crippen LogP contribution in [0.25, 0.3) is 10.2 Å². The van der Waals surface area contributed by atoms with Crippen molar-refractivity contribution in [1.29, 1.82) is 0 Å². The Morgan fingerprint density at radius 1 is 1.00 bits per heavy atom. The van der Waals surface area contributed by atoms with Crippen LogP contribution in [0.1, 0.15) is 19.4 Å². The molecule has 0 saturated carbocycles. The smallest absolute Gasteiger partial charge is 0.184 e. The Bertz CT molecular complexity index is 696. The Balaban J connectivity index is 1.66. The molecule has 0 unspecified atom stereocenters. The van der Waals surface area contributed by atoms with E-state index in [0.717, 1.165) is 30.3 Å². The lowest BCUT2D eigenvalue weighted by Crippen LogP contribution is -2.21. The van der Waals surface area contributed by atoms with Gasteiger partial charge in [-0.25, -0.2) is 4.98 Å². The van der Waals surface area contributed by atoms with E-state index in [0.29, 0.717) is 0 Å². The van der Waals surface area contributed by atoms with Crippen molar-refractivity contribution in [2.75, 3.05) is 23.3 Å². The SMILES string of the molecule is CCN(CC)c1ccc(CNc2nc3ccccc3s2)cc1. The molecule has 3 aromatic rings. The van der Waals surface area contributed by atoms with Gasteiger partial charge in [-0.2, -0.15) is 0 Å². The molecule has 2 aromatic carbocycles. The molecule has 0 radical (unpaired) electrons. The maximum Gasteiger partial charge on any atom is 0.184 e. The van der Waals surface area contributed by atoms with Gasteiger partial charge in [-0.05, 0) is 43.7 Å². The standard InChI is InChI=1S/C18H21N3S/c1-3-21(4-2)15-11-9-14(10-12-15)13-19-18-20-16-7-5-6-8-17(16)22-18/h5-12H,3-4,13H2,1-2H3,(H,19,20). The van der Waals surface area contributed by atoms with Gasteiger partial charge in [-0.15, -0.1) is 0 Å². The molecule has 0 atom stereocenters. The van der Waals surface area contributed by atoms with Gasteiger partial charge in [-0.3, -0.25) is 0 Å². The van der Waals surface area contributed by atoms with Gasteiger partial charge in [0.15, 0.2) is 5.13 Å². The molecular formula is C18H21N3S. The van der Waals surface area contributed by atoms with Crippen molar-refractivity contribution in [3.05, 3.63) is 54.1 Å². The normalized spacial score (nSPS) is 10.8. The van der Waals surface area contributed by atoms with Crippen molar-refractivity contribution in [1.82, 2.24) is 4.98 Å². The fourth-order valence-electron chi connectivity index (χ4n) is 2.54. The Kier molecular flexibility index (Phi) is 4.59. The fourth-order valence-corrected chi connectivity index (χ4v) is 3.40. The van der Waals surface area contributed by atoms with Crippen LogP contribution in [-0.4, -0.2) is 18.1 Å². The molecule has 0 aliphatic rings. The number of fused-ring (bicyclic) bond motifs is 1. The van der Waals surface area contributed by atoms with E-state index in [1.807, 2.05) is 6.07 Å². The van der Waals surface area contributed by atoms with E-state index in [9.17, 15) is 0 Å². The van der Waals surface area contributed by atoms with Crippen LogP contribution in [0.15, 0.2) is 48.5 Å². The van der Waals surface area contributed by atoms with Crippen molar-refractivity contribution in [3.8, 4) is 0 Å². The van der Waals surface area contributed by atoms with E-state index in [4.69, 9.17) is 0 Å². The second-order valence-electron chi connectivity index (χ2n) is 5.18. The third kappa shape index (κ3) is 3.22. The summed E-state index contributed by atoms with van der Waals surface area (Å²) in [6, 6.07) is 17.0. The minimum absolute atomic E-state index is 0.804. The first-order chi connectivity index (χ1) is 10.8. The van der Waals surface area contributed by atoms with E-state index >= 15 is 0 Å². The maximum absolute atomic E-state index is 4.60. The van der Waals surface area contributed by atoms with Crippen molar-refractivity contribution in [2.24, 2.45) is 0 Å². The summed E-state index contributed by atoms with van der Waals surface area (Å²) in [4.78, 5) is 6.95. The molecule has 3 nitrogen and oxygen atoms in total. The quantitative estimate of drug-likeness (QED) is 0.711. The summed E-state index contributed by atoms with van der Waals surface area (Å²) in [5.41, 5.74) is 3.62. The van der Waals surface area contributed by atoms with Crippen LogP contribution in [0.4, 0.5) is 10.8 Å². The topological polar surface area (TPSA) is 28.2 Å². The molecule has 0 saturated heterocycles. The molecule has 0 aliphatic heterocycles. The highest BCUT2D eigenvalue weighted by Gasteiger charge is 2.04. The molecule has 0 fully saturated rings. The van der Waals surface area contributed by atoms with Gasteiger partial charge in [0.25, 0.3) is 0 Å². The van der Waals surface area contributed by atoms with E-state index in [2.05, 4.69) is 71.5 Å². The number of anilines is 2. The third-order valence-corrected chi connectivity index (χ3v) is 4.80. The lowest BCUT2D eigenvalue weighted by molar-refractivity contribution is 0.865.